The van der Waals surface area contributed by atoms with E-state index in [1.807, 2.05) is 0 Å². The maximum absolute atomic E-state index is 12.1. The van der Waals surface area contributed by atoms with Gasteiger partial charge in [-0.15, -0.1) is 0 Å². The number of hydrogen-bond donors (Lipinski definition) is 1. The Morgan fingerprint density at radius 1 is 1.43 bits per heavy atom. The summed E-state index contributed by atoms with van der Waals surface area (Å²) in [6, 6.07) is 3.55. The van der Waals surface area contributed by atoms with Gasteiger partial charge in [0.1, 0.15) is 10.0 Å². The summed E-state index contributed by atoms with van der Waals surface area (Å²) in [5.74, 6) is 0. The van der Waals surface area contributed by atoms with Crippen LogP contribution in [0.25, 0.3) is 0 Å². The highest BCUT2D eigenvalue weighted by Gasteiger charge is 2.18. The Balaban J connectivity index is 1.78. The van der Waals surface area contributed by atoms with Crippen LogP contribution >= 0.6 is 11.6 Å². The van der Waals surface area contributed by atoms with Crippen LogP contribution in [0, 0.1) is 0 Å². The molecule has 7 heteroatoms. The molecule has 0 spiro atoms. The van der Waals surface area contributed by atoms with E-state index in [9.17, 15) is 8.42 Å². The molecule has 1 aromatic heterocycles. The van der Waals surface area contributed by atoms with E-state index in [1.165, 1.54) is 37.6 Å². The van der Waals surface area contributed by atoms with Gasteiger partial charge in [-0.05, 0) is 51.4 Å². The molecule has 0 radical (unpaired) electrons. The highest BCUT2D eigenvalue weighted by atomic mass is 35.5. The first-order chi connectivity index (χ1) is 9.99. The van der Waals surface area contributed by atoms with Crippen LogP contribution < -0.4 is 4.72 Å². The molecule has 118 valence electrons. The zero-order valence-electron chi connectivity index (χ0n) is 12.3. The molecule has 1 atom stereocenters. The van der Waals surface area contributed by atoms with E-state index in [0.29, 0.717) is 12.6 Å². The van der Waals surface area contributed by atoms with E-state index in [4.69, 9.17) is 11.6 Å². The van der Waals surface area contributed by atoms with E-state index < -0.39 is 10.0 Å². The summed E-state index contributed by atoms with van der Waals surface area (Å²) in [5, 5.41) is 0.285. The molecule has 0 aromatic carbocycles. The largest absolute Gasteiger partial charge is 0.301 e. The van der Waals surface area contributed by atoms with Crippen molar-refractivity contribution in [2.75, 3.05) is 19.6 Å². The lowest BCUT2D eigenvalue weighted by Gasteiger charge is -2.33. The summed E-state index contributed by atoms with van der Waals surface area (Å²) in [6.07, 6.45) is 5.87. The van der Waals surface area contributed by atoms with E-state index >= 15 is 0 Å². The van der Waals surface area contributed by atoms with E-state index in [2.05, 4.69) is 21.5 Å². The molecule has 21 heavy (non-hydrogen) atoms. The Kier molecular flexibility index (Phi) is 5.98. The van der Waals surface area contributed by atoms with Gasteiger partial charge in [0.25, 0.3) is 0 Å². The lowest BCUT2D eigenvalue weighted by Crippen LogP contribution is -2.39. The first-order valence-electron chi connectivity index (χ1n) is 7.34. The zero-order chi connectivity index (χ0) is 15.3. The number of piperidine rings is 1. The normalized spacial score (nSPS) is 20.6. The fraction of sp³-hybridized carbons (Fsp3) is 0.643. The molecular formula is C14H22ClN3O2S. The monoisotopic (exact) mass is 331 g/mol. The van der Waals surface area contributed by atoms with Crippen molar-refractivity contribution in [2.45, 2.75) is 43.5 Å². The minimum absolute atomic E-state index is 0.151. The van der Waals surface area contributed by atoms with Crippen LogP contribution in [0.5, 0.6) is 0 Å². The average molecular weight is 332 g/mol. The smallest absolute Gasteiger partial charge is 0.242 e. The number of sulfonamides is 1. The number of nitrogens with zero attached hydrogens (tertiary/aromatic N) is 2. The van der Waals surface area contributed by atoms with Gasteiger partial charge in [-0.2, -0.15) is 0 Å². The van der Waals surface area contributed by atoms with Gasteiger partial charge >= 0.3 is 0 Å². The Morgan fingerprint density at radius 3 is 2.90 bits per heavy atom. The topological polar surface area (TPSA) is 62.3 Å². The molecule has 0 saturated carbocycles. The van der Waals surface area contributed by atoms with Gasteiger partial charge in [-0.3, -0.25) is 0 Å². The van der Waals surface area contributed by atoms with Gasteiger partial charge in [0.2, 0.25) is 10.0 Å². The van der Waals surface area contributed by atoms with Crippen molar-refractivity contribution in [3.05, 3.63) is 23.5 Å². The number of nitrogens with one attached hydrogen (secondary N) is 1. The van der Waals surface area contributed by atoms with Crippen LogP contribution in [0.15, 0.2) is 23.2 Å². The lowest BCUT2D eigenvalue weighted by atomic mass is 10.0. The molecular weight excluding hydrogens is 310 g/mol. The maximum atomic E-state index is 12.1. The second-order valence-corrected chi connectivity index (χ2v) is 7.60. The first-order valence-corrected chi connectivity index (χ1v) is 9.20. The number of pyridine rings is 1. The molecule has 1 saturated heterocycles. The molecule has 0 aliphatic carbocycles. The predicted molar refractivity (Wildman–Crippen MR) is 83.9 cm³/mol. The quantitative estimate of drug-likeness (QED) is 0.641. The maximum Gasteiger partial charge on any atom is 0.242 e. The van der Waals surface area contributed by atoms with Crippen LogP contribution in [0.3, 0.4) is 0 Å². The summed E-state index contributed by atoms with van der Waals surface area (Å²) in [4.78, 5) is 6.38. The van der Waals surface area contributed by atoms with Crippen molar-refractivity contribution < 1.29 is 8.42 Å². The molecule has 1 aliphatic heterocycles. The molecule has 2 rings (SSSR count). The first kappa shape index (κ1) is 16.7. The van der Waals surface area contributed by atoms with Crippen molar-refractivity contribution >= 4 is 21.6 Å². The van der Waals surface area contributed by atoms with Gasteiger partial charge in [0.05, 0.1) is 0 Å². The molecule has 1 N–H and O–H groups in total. The minimum Gasteiger partial charge on any atom is -0.301 e. The zero-order valence-corrected chi connectivity index (χ0v) is 13.8. The Labute approximate surface area is 131 Å². The fourth-order valence-electron chi connectivity index (χ4n) is 2.58. The van der Waals surface area contributed by atoms with E-state index in [1.54, 1.807) is 0 Å². The Hall–Kier alpha value is -0.690. The lowest BCUT2D eigenvalue weighted by molar-refractivity contribution is 0.159. The average Bonchev–Trinajstić information content (AvgIpc) is 2.46. The van der Waals surface area contributed by atoms with Crippen molar-refractivity contribution in [1.29, 1.82) is 0 Å². The summed E-state index contributed by atoms with van der Waals surface area (Å²) in [7, 11) is -3.48. The third-order valence-electron chi connectivity index (χ3n) is 3.87. The minimum atomic E-state index is -3.48. The number of halogens is 1. The Bertz CT molecular complexity index is 548. The summed E-state index contributed by atoms with van der Waals surface area (Å²) in [6.45, 7) is 4.73. The molecule has 1 aromatic rings. The second-order valence-electron chi connectivity index (χ2n) is 5.45. The number of aromatic nitrogens is 1. The Morgan fingerprint density at radius 2 is 2.24 bits per heavy atom. The van der Waals surface area contributed by atoms with Crippen molar-refractivity contribution in [2.24, 2.45) is 0 Å². The van der Waals surface area contributed by atoms with Crippen molar-refractivity contribution in [3.8, 4) is 0 Å². The third-order valence-corrected chi connectivity index (χ3v) is 5.54. The SMILES string of the molecule is CC1CCCCN1CCCNS(=O)(=O)c1ccc(Cl)nc1. The summed E-state index contributed by atoms with van der Waals surface area (Å²) < 4.78 is 26.7. The van der Waals surface area contributed by atoms with Gasteiger partial charge < -0.3 is 4.90 Å². The molecule has 5 nitrogen and oxygen atoms in total. The number of rotatable bonds is 6. The molecule has 1 aliphatic rings. The number of likely N-dealkylation sites (tertiary alicyclic amines) is 1. The number of hydrogen-bond acceptors (Lipinski definition) is 4. The highest BCUT2D eigenvalue weighted by Crippen LogP contribution is 2.16. The van der Waals surface area contributed by atoms with Gasteiger partial charge in [-0.25, -0.2) is 18.1 Å². The standard InChI is InChI=1S/C14H22ClN3O2S/c1-12-5-2-3-9-18(12)10-4-8-17-21(19,20)13-6-7-14(15)16-11-13/h6-7,11-12,17H,2-5,8-10H2,1H3. The summed E-state index contributed by atoms with van der Waals surface area (Å²) >= 11 is 5.66. The molecule has 0 amide bonds. The molecule has 0 bridgehead atoms. The summed E-state index contributed by atoms with van der Waals surface area (Å²) in [5.41, 5.74) is 0. The van der Waals surface area contributed by atoms with Crippen molar-refractivity contribution in [3.63, 3.8) is 0 Å². The van der Waals surface area contributed by atoms with Crippen LogP contribution in [0.4, 0.5) is 0 Å². The van der Waals surface area contributed by atoms with Crippen LogP contribution in [-0.4, -0.2) is 44.0 Å². The molecule has 1 unspecified atom stereocenters. The van der Waals surface area contributed by atoms with Crippen LogP contribution in [0.2, 0.25) is 5.15 Å². The van der Waals surface area contributed by atoms with E-state index in [-0.39, 0.29) is 10.0 Å². The molecule has 2 heterocycles. The predicted octanol–water partition coefficient (Wildman–Crippen LogP) is 2.28. The highest BCUT2D eigenvalue weighted by molar-refractivity contribution is 7.89. The van der Waals surface area contributed by atoms with Gasteiger partial charge in [-0.1, -0.05) is 18.0 Å². The second kappa shape index (κ2) is 7.54. The van der Waals surface area contributed by atoms with Gasteiger partial charge in [0.15, 0.2) is 0 Å². The third kappa shape index (κ3) is 4.92. The molecule has 1 fully saturated rings. The van der Waals surface area contributed by atoms with E-state index in [0.717, 1.165) is 19.5 Å². The van der Waals surface area contributed by atoms with Crippen LogP contribution in [-0.2, 0) is 10.0 Å². The fourth-order valence-corrected chi connectivity index (χ4v) is 3.71. The van der Waals surface area contributed by atoms with Gasteiger partial charge in [0, 0.05) is 18.8 Å². The van der Waals surface area contributed by atoms with Crippen LogP contribution in [0.1, 0.15) is 32.6 Å². The van der Waals surface area contributed by atoms with Crippen molar-refractivity contribution in [1.82, 2.24) is 14.6 Å².